The van der Waals surface area contributed by atoms with Crippen molar-refractivity contribution in [3.05, 3.63) is 42.5 Å². The van der Waals surface area contributed by atoms with Gasteiger partial charge in [0.1, 0.15) is 5.54 Å². The Morgan fingerprint density at radius 3 is 2.57 bits per heavy atom. The summed E-state index contributed by atoms with van der Waals surface area (Å²) in [6, 6.07) is 14.5. The van der Waals surface area contributed by atoms with Crippen LogP contribution in [0.3, 0.4) is 0 Å². The lowest BCUT2D eigenvalue weighted by molar-refractivity contribution is -0.166. The fourth-order valence-corrected chi connectivity index (χ4v) is 4.54. The van der Waals surface area contributed by atoms with Gasteiger partial charge in [-0.2, -0.15) is 0 Å². The van der Waals surface area contributed by atoms with Crippen LogP contribution in [0.1, 0.15) is 34.1 Å². The molecule has 1 amide bonds. The Kier molecular flexibility index (Phi) is 4.47. The third kappa shape index (κ3) is 2.57. The zero-order valence-electron chi connectivity index (χ0n) is 17.1. The third-order valence-electron chi connectivity index (χ3n) is 6.58. The highest BCUT2D eigenvalue weighted by Crippen LogP contribution is 2.50. The van der Waals surface area contributed by atoms with Crippen molar-refractivity contribution in [2.45, 2.75) is 52.3 Å². The molecular formula is C23H29N3O2. The number of hydrogen-bond acceptors (Lipinski definition) is 3. The number of ether oxygens (including phenoxy) is 1. The molecule has 3 aromatic rings. The number of nitrogens with two attached hydrogens (primary N) is 1. The van der Waals surface area contributed by atoms with Gasteiger partial charge in [-0.3, -0.25) is 4.79 Å². The van der Waals surface area contributed by atoms with Crippen LogP contribution in [-0.2, 0) is 16.1 Å². The summed E-state index contributed by atoms with van der Waals surface area (Å²) >= 11 is 0. The fourth-order valence-electron chi connectivity index (χ4n) is 4.54. The zero-order chi connectivity index (χ0) is 20.1. The third-order valence-corrected chi connectivity index (χ3v) is 6.58. The molecule has 28 heavy (non-hydrogen) atoms. The molecule has 2 atom stereocenters. The summed E-state index contributed by atoms with van der Waals surface area (Å²) < 4.78 is 8.04. The number of benzene rings is 2. The first-order valence-corrected chi connectivity index (χ1v) is 10.1. The number of anilines is 1. The van der Waals surface area contributed by atoms with Gasteiger partial charge < -0.3 is 20.4 Å². The molecule has 5 heteroatoms. The van der Waals surface area contributed by atoms with E-state index in [1.165, 1.54) is 16.4 Å². The van der Waals surface area contributed by atoms with E-state index < -0.39 is 11.0 Å². The van der Waals surface area contributed by atoms with Gasteiger partial charge >= 0.3 is 0 Å². The largest absolute Gasteiger partial charge is 0.378 e. The molecule has 1 heterocycles. The van der Waals surface area contributed by atoms with Crippen molar-refractivity contribution in [1.29, 1.82) is 0 Å². The van der Waals surface area contributed by atoms with E-state index in [1.54, 1.807) is 0 Å². The maximum absolute atomic E-state index is 13.0. The minimum Gasteiger partial charge on any atom is -0.378 e. The Labute approximate surface area is 165 Å². The van der Waals surface area contributed by atoms with Gasteiger partial charge in [-0.05, 0) is 38.1 Å². The van der Waals surface area contributed by atoms with Crippen LogP contribution < -0.4 is 11.1 Å². The number of carbonyl (C=O) groups is 1. The van der Waals surface area contributed by atoms with Crippen molar-refractivity contribution in [2.24, 2.45) is 11.1 Å². The molecular weight excluding hydrogens is 350 g/mol. The summed E-state index contributed by atoms with van der Waals surface area (Å²) in [5, 5.41) is 5.39. The molecule has 0 aliphatic heterocycles. The van der Waals surface area contributed by atoms with Gasteiger partial charge in [0, 0.05) is 52.5 Å². The van der Waals surface area contributed by atoms with Crippen molar-refractivity contribution in [3.63, 3.8) is 0 Å². The Morgan fingerprint density at radius 1 is 1.18 bits per heavy atom. The van der Waals surface area contributed by atoms with Crippen LogP contribution >= 0.6 is 0 Å². The van der Waals surface area contributed by atoms with Crippen molar-refractivity contribution in [3.8, 4) is 0 Å². The van der Waals surface area contributed by atoms with Gasteiger partial charge in [0.2, 0.25) is 5.91 Å². The van der Waals surface area contributed by atoms with Gasteiger partial charge in [0.25, 0.3) is 0 Å². The SMILES string of the molecule is CCOC1CC(N)(C(=O)Nc2ccc3c(c2)c2ccccc2n3CC)C1(C)C. The van der Waals surface area contributed by atoms with E-state index in [1.807, 2.05) is 32.9 Å². The van der Waals surface area contributed by atoms with E-state index in [-0.39, 0.29) is 12.0 Å². The maximum atomic E-state index is 13.0. The van der Waals surface area contributed by atoms with Gasteiger partial charge in [-0.25, -0.2) is 0 Å². The lowest BCUT2D eigenvalue weighted by Crippen LogP contribution is -2.74. The first-order valence-electron chi connectivity index (χ1n) is 10.1. The summed E-state index contributed by atoms with van der Waals surface area (Å²) in [6.45, 7) is 9.66. The number of aromatic nitrogens is 1. The van der Waals surface area contributed by atoms with Crippen LogP contribution in [-0.4, -0.2) is 28.7 Å². The number of amides is 1. The van der Waals surface area contributed by atoms with Gasteiger partial charge in [0.05, 0.1) is 6.10 Å². The fraction of sp³-hybridized carbons (Fsp3) is 0.435. The zero-order valence-corrected chi connectivity index (χ0v) is 17.1. The minimum atomic E-state index is -0.931. The summed E-state index contributed by atoms with van der Waals surface area (Å²) in [4.78, 5) is 13.0. The lowest BCUT2D eigenvalue weighted by Gasteiger charge is -2.57. The number of nitrogens with one attached hydrogen (secondary N) is 1. The maximum Gasteiger partial charge on any atom is 0.245 e. The highest BCUT2D eigenvalue weighted by molar-refractivity contribution is 6.10. The summed E-state index contributed by atoms with van der Waals surface area (Å²) in [5.74, 6) is -0.146. The second-order valence-corrected chi connectivity index (χ2v) is 8.29. The minimum absolute atomic E-state index is 0.0123. The molecule has 2 aromatic carbocycles. The number of fused-ring (bicyclic) bond motifs is 3. The summed E-state index contributed by atoms with van der Waals surface area (Å²) in [6.07, 6.45) is 0.551. The number of hydrogen-bond donors (Lipinski definition) is 2. The number of rotatable bonds is 5. The monoisotopic (exact) mass is 379 g/mol. The van der Waals surface area contributed by atoms with E-state index in [0.29, 0.717) is 13.0 Å². The molecule has 1 saturated carbocycles. The topological polar surface area (TPSA) is 69.3 Å². The quantitative estimate of drug-likeness (QED) is 0.695. The number of aryl methyl sites for hydroxylation is 1. The highest BCUT2D eigenvalue weighted by atomic mass is 16.5. The van der Waals surface area contributed by atoms with E-state index >= 15 is 0 Å². The van der Waals surface area contributed by atoms with Crippen LogP contribution in [0.2, 0.25) is 0 Å². The van der Waals surface area contributed by atoms with Crippen LogP contribution in [0.5, 0.6) is 0 Å². The molecule has 5 nitrogen and oxygen atoms in total. The molecule has 0 saturated heterocycles. The van der Waals surface area contributed by atoms with Crippen molar-refractivity contribution < 1.29 is 9.53 Å². The molecule has 0 radical (unpaired) electrons. The van der Waals surface area contributed by atoms with Gasteiger partial charge in [-0.15, -0.1) is 0 Å². The van der Waals surface area contributed by atoms with E-state index in [4.69, 9.17) is 10.5 Å². The first kappa shape index (κ1) is 19.0. The molecule has 1 fully saturated rings. The molecule has 0 bridgehead atoms. The molecule has 3 N–H and O–H groups in total. The van der Waals surface area contributed by atoms with Crippen LogP contribution in [0.25, 0.3) is 21.8 Å². The van der Waals surface area contributed by atoms with Crippen LogP contribution in [0.15, 0.2) is 42.5 Å². The smallest absolute Gasteiger partial charge is 0.245 e. The normalized spacial score (nSPS) is 23.7. The van der Waals surface area contributed by atoms with Gasteiger partial charge in [0.15, 0.2) is 0 Å². The molecule has 1 aliphatic carbocycles. The number of carbonyl (C=O) groups excluding carboxylic acids is 1. The molecule has 1 aromatic heterocycles. The average molecular weight is 380 g/mol. The number of para-hydroxylation sites is 1. The van der Waals surface area contributed by atoms with E-state index in [2.05, 4.69) is 47.1 Å². The number of nitrogens with zero attached hydrogens (tertiary/aromatic N) is 1. The Morgan fingerprint density at radius 2 is 1.89 bits per heavy atom. The Balaban J connectivity index is 1.66. The van der Waals surface area contributed by atoms with Crippen LogP contribution in [0.4, 0.5) is 5.69 Å². The van der Waals surface area contributed by atoms with Crippen molar-refractivity contribution in [1.82, 2.24) is 4.57 Å². The van der Waals surface area contributed by atoms with E-state index in [0.717, 1.165) is 17.6 Å². The molecule has 2 unspecified atom stereocenters. The highest BCUT2D eigenvalue weighted by Gasteiger charge is 2.62. The first-order chi connectivity index (χ1) is 13.3. The Hall–Kier alpha value is -2.37. The van der Waals surface area contributed by atoms with E-state index in [9.17, 15) is 4.79 Å². The summed E-state index contributed by atoms with van der Waals surface area (Å²) in [5.41, 5.74) is 8.34. The standard InChI is InChI=1S/C23H29N3O2/c1-5-26-18-10-8-7-9-16(18)17-13-15(11-12-19(17)26)25-21(27)23(24)14-20(28-6-2)22(23,3)4/h7-13,20H,5-6,14,24H2,1-4H3,(H,25,27). The van der Waals surface area contributed by atoms with Crippen LogP contribution in [0, 0.1) is 5.41 Å². The lowest BCUT2D eigenvalue weighted by atomic mass is 9.54. The summed E-state index contributed by atoms with van der Waals surface area (Å²) in [7, 11) is 0. The molecule has 148 valence electrons. The molecule has 4 rings (SSSR count). The second kappa shape index (κ2) is 6.61. The van der Waals surface area contributed by atoms with Gasteiger partial charge in [-0.1, -0.05) is 32.0 Å². The van der Waals surface area contributed by atoms with Crippen molar-refractivity contribution >= 4 is 33.4 Å². The average Bonchev–Trinajstić information content (AvgIpc) is 3.00. The molecule has 0 spiro atoms. The Bertz CT molecular complexity index is 1050. The molecule has 1 aliphatic rings. The second-order valence-electron chi connectivity index (χ2n) is 8.29. The predicted molar refractivity (Wildman–Crippen MR) is 114 cm³/mol. The predicted octanol–water partition coefficient (Wildman–Crippen LogP) is 4.29. The van der Waals surface area contributed by atoms with Crippen molar-refractivity contribution in [2.75, 3.05) is 11.9 Å².